The molecule has 4 nitrogen and oxygen atoms in total. The molecule has 0 aliphatic rings. The summed E-state index contributed by atoms with van der Waals surface area (Å²) in [4.78, 5) is 11.0. The van der Waals surface area contributed by atoms with Crippen molar-refractivity contribution in [1.29, 1.82) is 0 Å². The van der Waals surface area contributed by atoms with Crippen molar-refractivity contribution < 1.29 is 9.90 Å². The zero-order chi connectivity index (χ0) is 14.5. The highest BCUT2D eigenvalue weighted by molar-refractivity contribution is 6.31. The van der Waals surface area contributed by atoms with Crippen LogP contribution in [0, 0.1) is 5.41 Å². The van der Waals surface area contributed by atoms with Crippen molar-refractivity contribution >= 4 is 17.5 Å². The largest absolute Gasteiger partial charge is 0.396 e. The van der Waals surface area contributed by atoms with Gasteiger partial charge in [-0.1, -0.05) is 31.5 Å². The van der Waals surface area contributed by atoms with E-state index in [1.54, 1.807) is 18.2 Å². The predicted molar refractivity (Wildman–Crippen MR) is 77.2 cm³/mol. The third kappa shape index (κ3) is 5.19. The first-order chi connectivity index (χ1) is 8.85. The fourth-order valence-electron chi connectivity index (χ4n) is 1.77. The molecule has 0 aliphatic carbocycles. The molecule has 1 aromatic carbocycles. The van der Waals surface area contributed by atoms with Gasteiger partial charge in [-0.05, 0) is 29.5 Å². The van der Waals surface area contributed by atoms with Crippen LogP contribution in [0.5, 0.6) is 0 Å². The third-order valence-electron chi connectivity index (χ3n) is 3.05. The van der Waals surface area contributed by atoms with Gasteiger partial charge in [-0.2, -0.15) is 0 Å². The molecule has 0 heterocycles. The van der Waals surface area contributed by atoms with Crippen LogP contribution < -0.4 is 11.1 Å². The minimum atomic E-state index is -0.481. The van der Waals surface area contributed by atoms with Gasteiger partial charge in [0.05, 0.1) is 0 Å². The van der Waals surface area contributed by atoms with Crippen molar-refractivity contribution in [2.75, 3.05) is 13.2 Å². The van der Waals surface area contributed by atoms with E-state index in [1.165, 1.54) is 0 Å². The number of primary amides is 1. The molecular formula is C14H21ClN2O2. The van der Waals surface area contributed by atoms with Gasteiger partial charge in [-0.25, -0.2) is 0 Å². The molecule has 19 heavy (non-hydrogen) atoms. The van der Waals surface area contributed by atoms with E-state index in [0.717, 1.165) is 18.5 Å². The van der Waals surface area contributed by atoms with E-state index in [9.17, 15) is 4.79 Å². The second kappa shape index (κ2) is 6.89. The lowest BCUT2D eigenvalue weighted by molar-refractivity contribution is 0.100. The molecule has 0 saturated heterocycles. The zero-order valence-electron chi connectivity index (χ0n) is 11.4. The van der Waals surface area contributed by atoms with Gasteiger partial charge in [0, 0.05) is 30.3 Å². The first-order valence-electron chi connectivity index (χ1n) is 6.25. The molecule has 1 rings (SSSR count). The van der Waals surface area contributed by atoms with Gasteiger partial charge < -0.3 is 16.2 Å². The zero-order valence-corrected chi connectivity index (χ0v) is 12.1. The van der Waals surface area contributed by atoms with Gasteiger partial charge in [0.2, 0.25) is 5.91 Å². The quantitative estimate of drug-likeness (QED) is 0.716. The molecule has 0 aliphatic heterocycles. The average molecular weight is 285 g/mol. The monoisotopic (exact) mass is 284 g/mol. The Morgan fingerprint density at radius 2 is 2.16 bits per heavy atom. The molecule has 0 aromatic heterocycles. The molecule has 4 N–H and O–H groups in total. The summed E-state index contributed by atoms with van der Waals surface area (Å²) in [5, 5.41) is 12.8. The smallest absolute Gasteiger partial charge is 0.248 e. The van der Waals surface area contributed by atoms with Crippen LogP contribution in [0.15, 0.2) is 18.2 Å². The van der Waals surface area contributed by atoms with E-state index in [1.807, 2.05) is 0 Å². The molecule has 106 valence electrons. The van der Waals surface area contributed by atoms with Crippen LogP contribution in [0.4, 0.5) is 0 Å². The maximum Gasteiger partial charge on any atom is 0.248 e. The van der Waals surface area contributed by atoms with Crippen LogP contribution in [0.25, 0.3) is 0 Å². The van der Waals surface area contributed by atoms with E-state index in [0.29, 0.717) is 17.1 Å². The van der Waals surface area contributed by atoms with Crippen LogP contribution >= 0.6 is 11.6 Å². The number of halogens is 1. The van der Waals surface area contributed by atoms with Crippen molar-refractivity contribution in [2.24, 2.45) is 11.1 Å². The van der Waals surface area contributed by atoms with Crippen LogP contribution in [-0.2, 0) is 6.54 Å². The minimum absolute atomic E-state index is 0.0361. The van der Waals surface area contributed by atoms with E-state index >= 15 is 0 Å². The fraction of sp³-hybridized carbons (Fsp3) is 0.500. The van der Waals surface area contributed by atoms with E-state index in [2.05, 4.69) is 19.2 Å². The maximum absolute atomic E-state index is 11.0. The molecule has 0 radical (unpaired) electrons. The molecule has 1 aromatic rings. The number of benzene rings is 1. The number of aliphatic hydroxyl groups is 1. The molecule has 0 bridgehead atoms. The predicted octanol–water partition coefficient (Wildman–Crippen LogP) is 1.94. The highest BCUT2D eigenvalue weighted by Gasteiger charge is 2.16. The Morgan fingerprint density at radius 1 is 1.47 bits per heavy atom. The van der Waals surface area contributed by atoms with Gasteiger partial charge in [0.1, 0.15) is 0 Å². The average Bonchev–Trinajstić information content (AvgIpc) is 2.30. The van der Waals surface area contributed by atoms with Gasteiger partial charge in [0.15, 0.2) is 0 Å². The highest BCUT2D eigenvalue weighted by atomic mass is 35.5. The second-order valence-corrected chi connectivity index (χ2v) is 5.82. The number of carbonyl (C=O) groups is 1. The molecule has 0 unspecified atom stereocenters. The van der Waals surface area contributed by atoms with Crippen LogP contribution in [0.1, 0.15) is 36.2 Å². The number of hydrogen-bond donors (Lipinski definition) is 3. The highest BCUT2D eigenvalue weighted by Crippen LogP contribution is 2.20. The topological polar surface area (TPSA) is 75.3 Å². The van der Waals surface area contributed by atoms with Crippen molar-refractivity contribution in [3.63, 3.8) is 0 Å². The van der Waals surface area contributed by atoms with Crippen molar-refractivity contribution in [3.8, 4) is 0 Å². The Morgan fingerprint density at radius 3 is 2.68 bits per heavy atom. The second-order valence-electron chi connectivity index (χ2n) is 5.41. The van der Waals surface area contributed by atoms with Gasteiger partial charge >= 0.3 is 0 Å². The fourth-order valence-corrected chi connectivity index (χ4v) is 2.02. The van der Waals surface area contributed by atoms with E-state index in [-0.39, 0.29) is 12.0 Å². The lowest BCUT2D eigenvalue weighted by atomic mass is 9.90. The molecule has 5 heteroatoms. The van der Waals surface area contributed by atoms with Gasteiger partial charge in [-0.15, -0.1) is 0 Å². The summed E-state index contributed by atoms with van der Waals surface area (Å²) in [7, 11) is 0. The molecule has 0 spiro atoms. The SMILES string of the molecule is CC(C)(CCO)CNCc1ccc(C(N)=O)cc1Cl. The molecular weight excluding hydrogens is 264 g/mol. The summed E-state index contributed by atoms with van der Waals surface area (Å²) < 4.78 is 0. The maximum atomic E-state index is 11.0. The lowest BCUT2D eigenvalue weighted by Crippen LogP contribution is -2.30. The first kappa shape index (κ1) is 16.0. The Kier molecular flexibility index (Phi) is 5.79. The number of carbonyl (C=O) groups excluding carboxylic acids is 1. The number of amides is 1. The number of aliphatic hydroxyl groups excluding tert-OH is 1. The summed E-state index contributed by atoms with van der Waals surface area (Å²) in [6.45, 7) is 5.76. The van der Waals surface area contributed by atoms with Crippen molar-refractivity contribution in [1.82, 2.24) is 5.32 Å². The number of hydrogen-bond acceptors (Lipinski definition) is 3. The van der Waals surface area contributed by atoms with Crippen LogP contribution in [0.2, 0.25) is 5.02 Å². The summed E-state index contributed by atoms with van der Waals surface area (Å²) in [6.07, 6.45) is 0.744. The normalized spacial score (nSPS) is 11.6. The number of nitrogens with two attached hydrogens (primary N) is 1. The van der Waals surface area contributed by atoms with E-state index < -0.39 is 5.91 Å². The Labute approximate surface area is 118 Å². The Hall–Kier alpha value is -1.10. The third-order valence-corrected chi connectivity index (χ3v) is 3.40. The molecule has 1 amide bonds. The summed E-state index contributed by atoms with van der Waals surface area (Å²) >= 11 is 6.10. The molecule has 0 saturated carbocycles. The Balaban J connectivity index is 2.57. The van der Waals surface area contributed by atoms with E-state index in [4.69, 9.17) is 22.4 Å². The Bertz CT molecular complexity index is 447. The minimum Gasteiger partial charge on any atom is -0.396 e. The first-order valence-corrected chi connectivity index (χ1v) is 6.63. The molecule has 0 atom stereocenters. The summed E-state index contributed by atoms with van der Waals surface area (Å²) in [5.41, 5.74) is 6.56. The van der Waals surface area contributed by atoms with Gasteiger partial charge in [0.25, 0.3) is 0 Å². The lowest BCUT2D eigenvalue weighted by Gasteiger charge is -2.24. The molecule has 0 fully saturated rings. The number of nitrogens with one attached hydrogen (secondary N) is 1. The van der Waals surface area contributed by atoms with Gasteiger partial charge in [-0.3, -0.25) is 4.79 Å². The standard InChI is InChI=1S/C14H21ClN2O2/c1-14(2,5-6-18)9-17-8-11-4-3-10(13(16)19)7-12(11)15/h3-4,7,17-18H,5-6,8-9H2,1-2H3,(H2,16,19). The van der Waals surface area contributed by atoms with Crippen LogP contribution in [0.3, 0.4) is 0 Å². The van der Waals surface area contributed by atoms with Crippen molar-refractivity contribution in [3.05, 3.63) is 34.3 Å². The summed E-state index contributed by atoms with van der Waals surface area (Å²) in [6, 6.07) is 5.05. The van der Waals surface area contributed by atoms with Crippen molar-refractivity contribution in [2.45, 2.75) is 26.8 Å². The van der Waals surface area contributed by atoms with Crippen LogP contribution in [-0.4, -0.2) is 24.2 Å². The number of rotatable bonds is 7. The summed E-state index contributed by atoms with van der Waals surface area (Å²) in [5.74, 6) is -0.481.